The first-order valence-corrected chi connectivity index (χ1v) is 12.7. The van der Waals surface area contributed by atoms with Crippen molar-refractivity contribution in [2.45, 2.75) is 30.0 Å². The zero-order valence-electron chi connectivity index (χ0n) is 16.3. The molecule has 3 heterocycles. The van der Waals surface area contributed by atoms with Gasteiger partial charge < -0.3 is 4.90 Å². The van der Waals surface area contributed by atoms with E-state index in [0.717, 1.165) is 15.2 Å². The van der Waals surface area contributed by atoms with Crippen LogP contribution in [0.15, 0.2) is 46.0 Å². The highest BCUT2D eigenvalue weighted by molar-refractivity contribution is 7.91. The van der Waals surface area contributed by atoms with Crippen LogP contribution in [0.3, 0.4) is 0 Å². The van der Waals surface area contributed by atoms with Gasteiger partial charge in [0.1, 0.15) is 9.22 Å². The number of para-hydroxylation sites is 1. The number of benzene rings is 1. The molecule has 0 N–H and O–H groups in total. The topological polar surface area (TPSA) is 70.6 Å². The lowest BCUT2D eigenvalue weighted by Crippen LogP contribution is -2.46. The summed E-state index contributed by atoms with van der Waals surface area (Å²) in [6.45, 7) is 2.66. The number of carbonyl (C=O) groups excluding carboxylic acids is 1. The molecule has 4 rings (SSSR count). The van der Waals surface area contributed by atoms with Gasteiger partial charge in [-0.2, -0.15) is 4.31 Å². The first-order chi connectivity index (χ1) is 13.9. The van der Waals surface area contributed by atoms with E-state index in [-0.39, 0.29) is 24.4 Å². The molecule has 1 aromatic carbocycles. The number of piperidine rings is 1. The largest absolute Gasteiger partial charge is 0.336 e. The quantitative estimate of drug-likeness (QED) is 0.591. The summed E-state index contributed by atoms with van der Waals surface area (Å²) < 4.78 is 28.6. The number of aromatic nitrogens is 1. The number of fused-ring (bicyclic) bond motifs is 1. The Morgan fingerprint density at radius 3 is 2.79 bits per heavy atom. The van der Waals surface area contributed by atoms with E-state index in [2.05, 4.69) is 4.98 Å². The van der Waals surface area contributed by atoms with Crippen LogP contribution < -0.4 is 0 Å². The van der Waals surface area contributed by atoms with Crippen molar-refractivity contribution in [1.29, 1.82) is 0 Å². The summed E-state index contributed by atoms with van der Waals surface area (Å²) in [5.41, 5.74) is 0.936. The maximum atomic E-state index is 13.2. The second-order valence-electron chi connectivity index (χ2n) is 7.28. The van der Waals surface area contributed by atoms with Crippen LogP contribution in [-0.4, -0.2) is 48.7 Å². The molecule has 6 nitrogen and oxygen atoms in total. The third-order valence-corrected chi connectivity index (χ3v) is 9.86. The van der Waals surface area contributed by atoms with Crippen LogP contribution in [0.2, 0.25) is 0 Å². The zero-order chi connectivity index (χ0) is 20.6. The highest BCUT2D eigenvalue weighted by Gasteiger charge is 2.36. The molecule has 2 unspecified atom stereocenters. The molecule has 0 aliphatic carbocycles. The number of carbonyl (C=O) groups is 1. The van der Waals surface area contributed by atoms with Crippen LogP contribution >= 0.6 is 22.7 Å². The molecule has 3 aromatic rings. The fourth-order valence-electron chi connectivity index (χ4n) is 3.61. The van der Waals surface area contributed by atoms with Crippen molar-refractivity contribution in [2.24, 2.45) is 5.92 Å². The first kappa shape index (κ1) is 20.5. The maximum Gasteiger partial charge on any atom is 0.252 e. The molecule has 1 aliphatic rings. The lowest BCUT2D eigenvalue weighted by Gasteiger charge is -2.34. The van der Waals surface area contributed by atoms with Crippen LogP contribution in [0.25, 0.3) is 10.2 Å². The molecule has 0 bridgehead atoms. The van der Waals surface area contributed by atoms with Crippen LogP contribution in [-0.2, 0) is 14.8 Å². The van der Waals surface area contributed by atoms with Gasteiger partial charge in [0.05, 0.1) is 22.2 Å². The molecule has 0 radical (unpaired) electrons. The number of rotatable bonds is 5. The lowest BCUT2D eigenvalue weighted by molar-refractivity contribution is -0.137. The minimum atomic E-state index is -3.53. The second kappa shape index (κ2) is 8.14. The van der Waals surface area contributed by atoms with Crippen molar-refractivity contribution >= 4 is 48.8 Å². The molecule has 1 fully saturated rings. The third-order valence-electron chi connectivity index (χ3n) is 5.42. The Morgan fingerprint density at radius 2 is 2.07 bits per heavy atom. The van der Waals surface area contributed by atoms with E-state index < -0.39 is 10.0 Å². The highest BCUT2D eigenvalue weighted by Crippen LogP contribution is 2.32. The van der Waals surface area contributed by atoms with E-state index in [9.17, 15) is 13.2 Å². The fraction of sp³-hybridized carbons (Fsp3) is 0.400. The van der Waals surface area contributed by atoms with Crippen molar-refractivity contribution in [3.05, 3.63) is 46.8 Å². The van der Waals surface area contributed by atoms with Gasteiger partial charge in [0, 0.05) is 20.1 Å². The average Bonchev–Trinajstić information content (AvgIpc) is 3.42. The smallest absolute Gasteiger partial charge is 0.252 e. The van der Waals surface area contributed by atoms with E-state index in [1.165, 1.54) is 15.6 Å². The van der Waals surface area contributed by atoms with Crippen molar-refractivity contribution in [3.63, 3.8) is 0 Å². The number of sulfonamides is 1. The number of thiazole rings is 1. The fourth-order valence-corrected chi connectivity index (χ4v) is 7.34. The summed E-state index contributed by atoms with van der Waals surface area (Å²) in [5, 5.41) is 2.65. The van der Waals surface area contributed by atoms with Crippen LogP contribution in [0.4, 0.5) is 0 Å². The second-order valence-corrected chi connectivity index (χ2v) is 11.5. The normalized spacial score (nSPS) is 19.3. The Morgan fingerprint density at radius 1 is 1.28 bits per heavy atom. The Bertz CT molecular complexity index is 1080. The average molecular weight is 450 g/mol. The predicted octanol–water partition coefficient (Wildman–Crippen LogP) is 3.98. The highest BCUT2D eigenvalue weighted by atomic mass is 32.2. The van der Waals surface area contributed by atoms with Gasteiger partial charge in [-0.05, 0) is 43.3 Å². The van der Waals surface area contributed by atoms with Crippen LogP contribution in [0.1, 0.15) is 30.8 Å². The van der Waals surface area contributed by atoms with Crippen LogP contribution in [0.5, 0.6) is 0 Å². The summed E-state index contributed by atoms with van der Waals surface area (Å²) in [6, 6.07) is 11.1. The van der Waals surface area contributed by atoms with Crippen molar-refractivity contribution in [2.75, 3.05) is 20.1 Å². The van der Waals surface area contributed by atoms with E-state index in [1.807, 2.05) is 31.2 Å². The van der Waals surface area contributed by atoms with Crippen molar-refractivity contribution in [1.82, 2.24) is 14.2 Å². The third kappa shape index (κ3) is 3.96. The molecule has 9 heteroatoms. The van der Waals surface area contributed by atoms with E-state index in [4.69, 9.17) is 0 Å². The number of amides is 1. The monoisotopic (exact) mass is 449 g/mol. The molecule has 154 valence electrons. The summed E-state index contributed by atoms with van der Waals surface area (Å²) in [5.74, 6) is -0.358. The van der Waals surface area contributed by atoms with E-state index in [0.29, 0.717) is 23.6 Å². The summed E-state index contributed by atoms with van der Waals surface area (Å²) >= 11 is 2.80. The molecule has 1 saturated heterocycles. The number of hydrogen-bond acceptors (Lipinski definition) is 6. The van der Waals surface area contributed by atoms with Crippen molar-refractivity contribution < 1.29 is 13.2 Å². The molecular formula is C20H23N3O3S3. The van der Waals surface area contributed by atoms with Gasteiger partial charge in [0.2, 0.25) is 5.91 Å². The van der Waals surface area contributed by atoms with Gasteiger partial charge in [0.15, 0.2) is 0 Å². The van der Waals surface area contributed by atoms with Gasteiger partial charge >= 0.3 is 0 Å². The first-order valence-electron chi connectivity index (χ1n) is 9.53. The Kier molecular flexibility index (Phi) is 5.74. The molecular weight excluding hydrogens is 426 g/mol. The standard InChI is InChI=1S/C20H23N3O3S3/c1-14(19-21-16-8-3-4-9-17(16)28-19)22(2)20(24)15-7-5-11-23(13-15)29(25,26)18-10-6-12-27-18/h3-4,6,8-10,12,14-15H,5,7,11,13H2,1-2H3. The van der Waals surface area contributed by atoms with Crippen molar-refractivity contribution in [3.8, 4) is 0 Å². The van der Waals surface area contributed by atoms with Gasteiger partial charge in [-0.25, -0.2) is 13.4 Å². The molecule has 29 heavy (non-hydrogen) atoms. The van der Waals surface area contributed by atoms with Gasteiger partial charge in [-0.1, -0.05) is 18.2 Å². The molecule has 0 saturated carbocycles. The number of hydrogen-bond donors (Lipinski definition) is 0. The zero-order valence-corrected chi connectivity index (χ0v) is 18.8. The van der Waals surface area contributed by atoms with Gasteiger partial charge in [-0.15, -0.1) is 22.7 Å². The molecule has 1 aliphatic heterocycles. The van der Waals surface area contributed by atoms with E-state index in [1.54, 1.807) is 40.8 Å². The number of thiophene rings is 1. The van der Waals surface area contributed by atoms with Gasteiger partial charge in [-0.3, -0.25) is 4.79 Å². The lowest BCUT2D eigenvalue weighted by atomic mass is 9.97. The SMILES string of the molecule is CC(c1nc2ccccc2s1)N(C)C(=O)C1CCCN(S(=O)(=O)c2cccs2)C1. The van der Waals surface area contributed by atoms with E-state index >= 15 is 0 Å². The van der Waals surface area contributed by atoms with Gasteiger partial charge in [0.25, 0.3) is 10.0 Å². The molecule has 2 aromatic heterocycles. The number of nitrogens with zero attached hydrogens (tertiary/aromatic N) is 3. The Labute approximate surface area is 178 Å². The molecule has 2 atom stereocenters. The molecule has 0 spiro atoms. The molecule has 1 amide bonds. The minimum Gasteiger partial charge on any atom is -0.336 e. The maximum absolute atomic E-state index is 13.2. The van der Waals surface area contributed by atoms with Crippen LogP contribution in [0, 0.1) is 5.92 Å². The Balaban J connectivity index is 1.49. The summed E-state index contributed by atoms with van der Waals surface area (Å²) in [7, 11) is -1.75. The Hall–Kier alpha value is -1.81. The summed E-state index contributed by atoms with van der Waals surface area (Å²) in [4.78, 5) is 19.6. The summed E-state index contributed by atoms with van der Waals surface area (Å²) in [6.07, 6.45) is 1.39. The predicted molar refractivity (Wildman–Crippen MR) is 117 cm³/mol. The minimum absolute atomic E-state index is 0.0252.